The number of benzene rings is 1. The van der Waals surface area contributed by atoms with Crippen LogP contribution >= 0.6 is 0 Å². The van der Waals surface area contributed by atoms with E-state index in [1.54, 1.807) is 24.4 Å². The number of halogens is 1. The van der Waals surface area contributed by atoms with Gasteiger partial charge in [0, 0.05) is 41.8 Å². The van der Waals surface area contributed by atoms with E-state index < -0.39 is 29.6 Å². The van der Waals surface area contributed by atoms with E-state index >= 15 is 4.39 Å². The van der Waals surface area contributed by atoms with Crippen molar-refractivity contribution in [3.05, 3.63) is 64.7 Å². The first-order valence-corrected chi connectivity index (χ1v) is 9.60. The lowest BCUT2D eigenvalue weighted by molar-refractivity contribution is -0.137. The number of hydrogen-bond donors (Lipinski definition) is 2. The Hall–Kier alpha value is -4.06. The monoisotopic (exact) mass is 420 g/mol. The predicted octanol–water partition coefficient (Wildman–Crippen LogP) is 0.650. The molecule has 0 spiro atoms. The number of piperidine rings is 1. The second-order valence-corrected chi connectivity index (χ2v) is 7.11. The van der Waals surface area contributed by atoms with Crippen LogP contribution in [0.5, 0.6) is 0 Å². The molecule has 1 atom stereocenters. The molecule has 31 heavy (non-hydrogen) atoms. The summed E-state index contributed by atoms with van der Waals surface area (Å²) in [6.45, 7) is -0.186. The Labute approximate surface area is 176 Å². The van der Waals surface area contributed by atoms with Crippen LogP contribution in [0.4, 0.5) is 4.39 Å². The van der Waals surface area contributed by atoms with Crippen LogP contribution < -0.4 is 10.6 Å². The number of nitrogens with one attached hydrogen (secondary N) is 2. The maximum atomic E-state index is 15.0. The summed E-state index contributed by atoms with van der Waals surface area (Å²) in [6, 6.07) is 7.22. The van der Waals surface area contributed by atoms with Gasteiger partial charge in [0.05, 0.1) is 6.54 Å². The van der Waals surface area contributed by atoms with Gasteiger partial charge >= 0.3 is 0 Å². The molecule has 0 aliphatic carbocycles. The van der Waals surface area contributed by atoms with E-state index in [1.807, 2.05) is 0 Å². The number of rotatable bonds is 3. The summed E-state index contributed by atoms with van der Waals surface area (Å²) in [5.74, 6) is 2.39. The third kappa shape index (κ3) is 4.14. The summed E-state index contributed by atoms with van der Waals surface area (Å²) in [5.41, 5.74) is 0.978. The Balaban J connectivity index is 1.45. The van der Waals surface area contributed by atoms with Crippen LogP contribution in [-0.2, 0) is 27.5 Å². The normalized spacial score (nSPS) is 17.5. The molecule has 1 aromatic carbocycles. The van der Waals surface area contributed by atoms with Gasteiger partial charge in [0.2, 0.25) is 11.8 Å². The van der Waals surface area contributed by atoms with E-state index in [1.165, 1.54) is 17.0 Å². The van der Waals surface area contributed by atoms with Gasteiger partial charge in [-0.15, -0.1) is 0 Å². The van der Waals surface area contributed by atoms with E-state index in [-0.39, 0.29) is 48.5 Å². The topological polar surface area (TPSA) is 108 Å². The van der Waals surface area contributed by atoms with Gasteiger partial charge < -0.3 is 10.2 Å². The Bertz CT molecular complexity index is 1150. The van der Waals surface area contributed by atoms with Crippen molar-refractivity contribution in [1.82, 2.24) is 20.5 Å². The molecule has 1 unspecified atom stereocenters. The molecular formula is C22H17FN4O4. The Morgan fingerprint density at radius 3 is 2.84 bits per heavy atom. The van der Waals surface area contributed by atoms with Crippen molar-refractivity contribution in [2.45, 2.75) is 32.0 Å². The lowest BCUT2D eigenvalue weighted by atomic mass is 10.0. The van der Waals surface area contributed by atoms with Gasteiger partial charge in [-0.2, -0.15) is 0 Å². The molecule has 2 aromatic rings. The first-order valence-electron chi connectivity index (χ1n) is 9.60. The number of carbonyl (C=O) groups excluding carboxylic acids is 4. The molecule has 2 aliphatic heterocycles. The summed E-state index contributed by atoms with van der Waals surface area (Å²) in [4.78, 5) is 53.3. The number of pyridine rings is 1. The Kier molecular flexibility index (Phi) is 5.45. The number of aromatic nitrogens is 1. The highest BCUT2D eigenvalue weighted by atomic mass is 19.1. The first kappa shape index (κ1) is 20.2. The molecule has 156 valence electrons. The van der Waals surface area contributed by atoms with Crippen LogP contribution in [0.15, 0.2) is 36.5 Å². The second-order valence-electron chi connectivity index (χ2n) is 7.11. The fourth-order valence-electron chi connectivity index (χ4n) is 3.57. The quantitative estimate of drug-likeness (QED) is 0.560. The molecule has 2 N–H and O–H groups in total. The zero-order valence-electron chi connectivity index (χ0n) is 16.3. The molecule has 1 saturated heterocycles. The molecule has 1 fully saturated rings. The van der Waals surface area contributed by atoms with Gasteiger partial charge in [0.1, 0.15) is 17.6 Å². The first-order chi connectivity index (χ1) is 14.9. The van der Waals surface area contributed by atoms with Crippen LogP contribution in [-0.4, -0.2) is 39.6 Å². The van der Waals surface area contributed by atoms with Gasteiger partial charge in [-0.3, -0.25) is 24.5 Å². The predicted molar refractivity (Wildman–Crippen MR) is 105 cm³/mol. The van der Waals surface area contributed by atoms with Crippen molar-refractivity contribution in [2.24, 2.45) is 0 Å². The van der Waals surface area contributed by atoms with Crippen molar-refractivity contribution in [3.8, 4) is 11.8 Å². The molecule has 9 heteroatoms. The number of amides is 4. The smallest absolute Gasteiger partial charge is 0.296 e. The molecule has 0 saturated carbocycles. The minimum absolute atomic E-state index is 0.0758. The lowest BCUT2D eigenvalue weighted by Crippen LogP contribution is -2.52. The molecule has 8 nitrogen and oxygen atoms in total. The highest BCUT2D eigenvalue weighted by Gasteiger charge is 2.40. The van der Waals surface area contributed by atoms with Gasteiger partial charge in [0.25, 0.3) is 11.8 Å². The molecular weight excluding hydrogens is 403 g/mol. The van der Waals surface area contributed by atoms with Crippen LogP contribution in [0.1, 0.15) is 40.0 Å². The molecule has 1 aromatic heterocycles. The molecule has 4 rings (SSSR count). The molecule has 0 bridgehead atoms. The maximum Gasteiger partial charge on any atom is 0.296 e. The minimum atomic E-state index is -0.818. The maximum absolute atomic E-state index is 15.0. The summed E-state index contributed by atoms with van der Waals surface area (Å²) in [6.07, 6.45) is 1.88. The fraction of sp³-hybridized carbons (Fsp3) is 0.227. The lowest BCUT2D eigenvalue weighted by Gasteiger charge is -2.29. The van der Waals surface area contributed by atoms with Crippen molar-refractivity contribution < 1.29 is 23.6 Å². The third-order valence-electron chi connectivity index (χ3n) is 5.14. The number of fused-ring (bicyclic) bond motifs is 1. The van der Waals surface area contributed by atoms with Crippen LogP contribution in [0.3, 0.4) is 0 Å². The van der Waals surface area contributed by atoms with E-state index in [0.717, 1.165) is 0 Å². The number of hydrogen-bond acceptors (Lipinski definition) is 5. The van der Waals surface area contributed by atoms with Crippen LogP contribution in [0.25, 0.3) is 0 Å². The SMILES string of the molecule is O=C(C#Cc1ccccn1)NCc1ccc2c(c1F)CN(C1CCC(=O)NC1=O)C2=O. The van der Waals surface area contributed by atoms with E-state index in [2.05, 4.69) is 27.5 Å². The van der Waals surface area contributed by atoms with Crippen LogP contribution in [0, 0.1) is 17.7 Å². The zero-order valence-corrected chi connectivity index (χ0v) is 16.3. The summed E-state index contributed by atoms with van der Waals surface area (Å²) >= 11 is 0. The van der Waals surface area contributed by atoms with E-state index in [0.29, 0.717) is 5.69 Å². The molecule has 4 amide bonds. The number of carbonyl (C=O) groups is 4. The van der Waals surface area contributed by atoms with Gasteiger partial charge in [-0.1, -0.05) is 12.1 Å². The van der Waals surface area contributed by atoms with E-state index in [9.17, 15) is 19.2 Å². The average Bonchev–Trinajstić information content (AvgIpc) is 3.09. The number of imide groups is 1. The fourth-order valence-corrected chi connectivity index (χ4v) is 3.57. The average molecular weight is 420 g/mol. The van der Waals surface area contributed by atoms with E-state index in [4.69, 9.17) is 0 Å². The second kappa shape index (κ2) is 8.36. The molecule has 2 aliphatic rings. The minimum Gasteiger partial charge on any atom is -0.341 e. The van der Waals surface area contributed by atoms with Crippen molar-refractivity contribution in [2.75, 3.05) is 0 Å². The van der Waals surface area contributed by atoms with Gasteiger partial charge in [-0.25, -0.2) is 9.37 Å². The van der Waals surface area contributed by atoms with Crippen molar-refractivity contribution in [1.29, 1.82) is 0 Å². The highest BCUT2D eigenvalue weighted by Crippen LogP contribution is 2.30. The summed E-state index contributed by atoms with van der Waals surface area (Å²) in [7, 11) is 0. The molecule has 0 radical (unpaired) electrons. The zero-order chi connectivity index (χ0) is 22.0. The summed E-state index contributed by atoms with van der Waals surface area (Å²) in [5, 5.41) is 4.72. The summed E-state index contributed by atoms with van der Waals surface area (Å²) < 4.78 is 15.0. The van der Waals surface area contributed by atoms with Gasteiger partial charge in [0.15, 0.2) is 0 Å². The van der Waals surface area contributed by atoms with Crippen LogP contribution in [0.2, 0.25) is 0 Å². The Morgan fingerprint density at radius 2 is 2.10 bits per heavy atom. The molecule has 3 heterocycles. The third-order valence-corrected chi connectivity index (χ3v) is 5.14. The Morgan fingerprint density at radius 1 is 1.26 bits per heavy atom. The van der Waals surface area contributed by atoms with Crippen molar-refractivity contribution in [3.63, 3.8) is 0 Å². The standard InChI is InChI=1S/C22H17FN4O4/c23-20-13(11-25-18(28)8-5-14-3-1-2-10-24-14)4-6-15-16(20)12-27(22(15)31)17-7-9-19(29)26-21(17)30/h1-4,6,10,17H,7,9,11-12H2,(H,25,28)(H,26,29,30). The largest absolute Gasteiger partial charge is 0.341 e. The highest BCUT2D eigenvalue weighted by molar-refractivity contribution is 6.05. The number of nitrogens with zero attached hydrogens (tertiary/aromatic N) is 2. The van der Waals surface area contributed by atoms with Crippen molar-refractivity contribution >= 4 is 23.6 Å². The van der Waals surface area contributed by atoms with Gasteiger partial charge in [-0.05, 0) is 30.5 Å².